The van der Waals surface area contributed by atoms with E-state index in [2.05, 4.69) is 31.2 Å². The molecule has 1 N–H and O–H groups in total. The van der Waals surface area contributed by atoms with Gasteiger partial charge in [-0.25, -0.2) is 14.4 Å². The van der Waals surface area contributed by atoms with Crippen molar-refractivity contribution >= 4 is 45.1 Å². The van der Waals surface area contributed by atoms with Crippen molar-refractivity contribution in [3.63, 3.8) is 0 Å². The van der Waals surface area contributed by atoms with Gasteiger partial charge < -0.3 is 5.32 Å². The zero-order valence-corrected chi connectivity index (χ0v) is 20.1. The van der Waals surface area contributed by atoms with Crippen molar-refractivity contribution in [1.29, 1.82) is 0 Å². The number of hydrogen-bond donors (Lipinski definition) is 1. The predicted molar refractivity (Wildman–Crippen MR) is 123 cm³/mol. The molecule has 3 rings (SSSR count). The number of alkyl halides is 6. The fourth-order valence-electron chi connectivity index (χ4n) is 3.19. The first-order chi connectivity index (χ1) is 16.8. The largest absolute Gasteiger partial charge is 0.417 e. The number of halogens is 9. The van der Waals surface area contributed by atoms with Gasteiger partial charge >= 0.3 is 12.4 Å². The molecule has 0 aliphatic carbocycles. The predicted octanol–water partition coefficient (Wildman–Crippen LogP) is 7.86. The van der Waals surface area contributed by atoms with Crippen molar-refractivity contribution in [2.45, 2.75) is 18.3 Å². The molecular weight excluding hydrogens is 583 g/mol. The van der Waals surface area contributed by atoms with E-state index >= 15 is 0 Å². The molecule has 0 aliphatic rings. The van der Waals surface area contributed by atoms with Crippen LogP contribution in [0, 0.1) is 0 Å². The fourth-order valence-corrected chi connectivity index (χ4v) is 4.08. The van der Waals surface area contributed by atoms with Crippen LogP contribution in [0.1, 0.15) is 33.0 Å². The van der Waals surface area contributed by atoms with Gasteiger partial charge in [-0.15, -0.1) is 0 Å². The van der Waals surface area contributed by atoms with Gasteiger partial charge in [0.25, 0.3) is 0 Å². The second-order valence-electron chi connectivity index (χ2n) is 7.34. The monoisotopic (exact) mass is 595 g/mol. The normalized spacial score (nSPS) is 13.4. The van der Waals surface area contributed by atoms with Crippen molar-refractivity contribution in [3.05, 3.63) is 92.7 Å². The smallest absolute Gasteiger partial charge is 0.347 e. The van der Waals surface area contributed by atoms with Crippen LogP contribution in [0.3, 0.4) is 0 Å². The lowest BCUT2D eigenvalue weighted by molar-refractivity contribution is -0.140. The van der Waals surface area contributed by atoms with Crippen molar-refractivity contribution in [2.75, 3.05) is 11.9 Å². The number of hydrogen-bond acceptors (Lipinski definition) is 4. The van der Waals surface area contributed by atoms with Crippen LogP contribution in [0.25, 0.3) is 5.83 Å². The zero-order chi connectivity index (χ0) is 26.7. The molecule has 13 heteroatoms. The Hall–Kier alpha value is -2.99. The quantitative estimate of drug-likeness (QED) is 0.223. The molecule has 1 aromatic heterocycles. The number of Topliss-reactive ketones (excluding diaryl/α,β-unsaturated/α-hetero) is 1. The Balaban J connectivity index is 1.97. The summed E-state index contributed by atoms with van der Waals surface area (Å²) in [5.74, 6) is -5.08. The highest BCUT2D eigenvalue weighted by atomic mass is 79.9. The van der Waals surface area contributed by atoms with Crippen LogP contribution >= 0.6 is 27.5 Å². The first-order valence-electron chi connectivity index (χ1n) is 9.91. The lowest BCUT2D eigenvalue weighted by atomic mass is 9.95. The maximum atomic E-state index is 14.9. The molecule has 0 bridgehead atoms. The average molecular weight is 597 g/mol. The summed E-state index contributed by atoms with van der Waals surface area (Å²) in [4.78, 5) is 20.0. The van der Waals surface area contributed by atoms with E-state index in [1.165, 1.54) is 24.5 Å². The molecule has 4 nitrogen and oxygen atoms in total. The molecule has 2 aromatic carbocycles. The molecule has 0 saturated heterocycles. The Morgan fingerprint density at radius 2 is 1.72 bits per heavy atom. The van der Waals surface area contributed by atoms with E-state index in [0.717, 1.165) is 18.2 Å². The topological polar surface area (TPSA) is 54.9 Å². The number of benzene rings is 2. The van der Waals surface area contributed by atoms with Crippen LogP contribution in [-0.2, 0) is 6.18 Å². The van der Waals surface area contributed by atoms with E-state index < -0.39 is 58.7 Å². The number of carbonyl (C=O) groups is 1. The third-order valence-corrected chi connectivity index (χ3v) is 5.46. The second kappa shape index (κ2) is 11.0. The molecule has 36 heavy (non-hydrogen) atoms. The minimum absolute atomic E-state index is 0.00384. The van der Waals surface area contributed by atoms with Gasteiger partial charge in [-0.1, -0.05) is 39.7 Å². The molecule has 3 aromatic rings. The number of anilines is 1. The van der Waals surface area contributed by atoms with Gasteiger partial charge in [-0.3, -0.25) is 4.79 Å². The van der Waals surface area contributed by atoms with Gasteiger partial charge in [0.2, 0.25) is 5.95 Å². The van der Waals surface area contributed by atoms with E-state index in [0.29, 0.717) is 12.1 Å². The molecule has 190 valence electrons. The first-order valence-corrected chi connectivity index (χ1v) is 11.1. The van der Waals surface area contributed by atoms with E-state index in [4.69, 9.17) is 11.6 Å². The third kappa shape index (κ3) is 7.03. The fraction of sp³-hybridized carbons (Fsp3) is 0.174. The first kappa shape index (κ1) is 27.6. The Morgan fingerprint density at radius 3 is 2.31 bits per heavy atom. The van der Waals surface area contributed by atoms with Gasteiger partial charge in [-0.2, -0.15) is 26.3 Å². The van der Waals surface area contributed by atoms with Gasteiger partial charge in [0, 0.05) is 33.0 Å². The van der Waals surface area contributed by atoms with Crippen LogP contribution in [0.15, 0.2) is 65.4 Å². The number of nitrogens with zero attached hydrogens (tertiary/aromatic N) is 2. The van der Waals surface area contributed by atoms with Crippen molar-refractivity contribution in [1.82, 2.24) is 9.97 Å². The summed E-state index contributed by atoms with van der Waals surface area (Å²) in [6.07, 6.45) is -7.22. The Kier molecular flexibility index (Phi) is 8.40. The Morgan fingerprint density at radius 1 is 1.06 bits per heavy atom. The van der Waals surface area contributed by atoms with Crippen LogP contribution in [-0.4, -0.2) is 28.5 Å². The number of rotatable bonds is 7. The summed E-state index contributed by atoms with van der Waals surface area (Å²) in [6, 6.07) is 6.65. The maximum absolute atomic E-state index is 14.9. The summed E-state index contributed by atoms with van der Waals surface area (Å²) < 4.78 is 97.2. The highest BCUT2D eigenvalue weighted by Crippen LogP contribution is 2.41. The molecule has 1 unspecified atom stereocenters. The molecule has 0 saturated carbocycles. The summed E-state index contributed by atoms with van der Waals surface area (Å²) in [5, 5.41) is 2.41. The molecule has 0 amide bonds. The highest BCUT2D eigenvalue weighted by Gasteiger charge is 2.40. The van der Waals surface area contributed by atoms with E-state index in [9.17, 15) is 35.5 Å². The Labute approximate surface area is 213 Å². The van der Waals surface area contributed by atoms with E-state index in [1.807, 2.05) is 0 Å². The molecule has 0 fully saturated rings. The van der Waals surface area contributed by atoms with Gasteiger partial charge in [0.1, 0.15) is 11.7 Å². The Bertz CT molecular complexity index is 1260. The summed E-state index contributed by atoms with van der Waals surface area (Å²) in [6.45, 7) is -0.607. The van der Waals surface area contributed by atoms with Crippen LogP contribution in [0.2, 0.25) is 5.02 Å². The number of allylic oxidation sites excluding steroid dienone is 1. The van der Waals surface area contributed by atoms with Gasteiger partial charge in [-0.05, 0) is 42.0 Å². The second-order valence-corrected chi connectivity index (χ2v) is 8.70. The SMILES string of the molecule is O=C(CNc1ncccn1)c1ccc(/C(F)=C/C(c2cc(Cl)cc(Br)c2)C(F)(F)F)cc1C(F)(F)F. The molecule has 1 atom stereocenters. The van der Waals surface area contributed by atoms with Crippen LogP contribution in [0.4, 0.5) is 36.7 Å². The van der Waals surface area contributed by atoms with Crippen molar-refractivity contribution in [3.8, 4) is 0 Å². The van der Waals surface area contributed by atoms with Crippen molar-refractivity contribution in [2.24, 2.45) is 0 Å². The zero-order valence-electron chi connectivity index (χ0n) is 17.8. The van der Waals surface area contributed by atoms with E-state index in [-0.39, 0.29) is 21.5 Å². The lowest BCUT2D eigenvalue weighted by Crippen LogP contribution is -2.20. The molecule has 0 radical (unpaired) electrons. The number of nitrogens with one attached hydrogen (secondary N) is 1. The highest BCUT2D eigenvalue weighted by molar-refractivity contribution is 9.10. The standard InChI is InChI=1S/C23H14BrClF7N3O/c24-14-6-13(7-15(25)9-14)17(22(27,28)29)10-19(26)12-2-3-16(18(8-12)23(30,31)32)20(36)11-35-21-33-4-1-5-34-21/h1-10,17H,11H2,(H,33,34,35)/b19-10-. The van der Waals surface area contributed by atoms with Crippen molar-refractivity contribution < 1.29 is 35.5 Å². The summed E-state index contributed by atoms with van der Waals surface area (Å²) in [5.41, 5.74) is -3.50. The molecule has 0 aliphatic heterocycles. The van der Waals surface area contributed by atoms with Crippen LogP contribution < -0.4 is 5.32 Å². The molecular formula is C23H14BrClF7N3O. The average Bonchev–Trinajstić information content (AvgIpc) is 2.79. The van der Waals surface area contributed by atoms with Gasteiger partial charge in [0.05, 0.1) is 12.1 Å². The minimum Gasteiger partial charge on any atom is -0.347 e. The van der Waals surface area contributed by atoms with Gasteiger partial charge in [0.15, 0.2) is 5.78 Å². The minimum atomic E-state index is -5.09. The van der Waals surface area contributed by atoms with Crippen LogP contribution in [0.5, 0.6) is 0 Å². The number of ketones is 1. The third-order valence-electron chi connectivity index (χ3n) is 4.78. The molecule has 1 heterocycles. The molecule has 0 spiro atoms. The maximum Gasteiger partial charge on any atom is 0.417 e. The summed E-state index contributed by atoms with van der Waals surface area (Å²) >= 11 is 8.80. The number of aromatic nitrogens is 2. The lowest BCUT2D eigenvalue weighted by Gasteiger charge is -2.19. The van der Waals surface area contributed by atoms with E-state index in [1.54, 1.807) is 0 Å². The number of carbonyl (C=O) groups excluding carboxylic acids is 1. The summed E-state index contributed by atoms with van der Waals surface area (Å²) in [7, 11) is 0.